The van der Waals surface area contributed by atoms with Crippen molar-refractivity contribution in [1.29, 1.82) is 0 Å². The van der Waals surface area contributed by atoms with Gasteiger partial charge in [0.25, 0.3) is 0 Å². The molecule has 3 heterocycles. The highest BCUT2D eigenvalue weighted by atomic mass is 32.2. The van der Waals surface area contributed by atoms with Crippen LogP contribution in [-0.4, -0.2) is 9.13 Å². The Morgan fingerprint density at radius 3 is 1.87 bits per heavy atom. The summed E-state index contributed by atoms with van der Waals surface area (Å²) >= 11 is 1.89. The molecule has 11 aromatic rings. The third-order valence-corrected chi connectivity index (χ3v) is 12.4. The maximum Gasteiger partial charge on any atom is 0.0553 e. The maximum absolute atomic E-state index is 2.46. The number of nitrogens with zero attached hydrogens (tertiary/aromatic N) is 2. The van der Waals surface area contributed by atoms with Crippen LogP contribution in [0, 0.1) is 0 Å². The Balaban J connectivity index is 1.14. The number of rotatable bonds is 3. The van der Waals surface area contributed by atoms with Crippen LogP contribution in [0.2, 0.25) is 0 Å². The third kappa shape index (κ3) is 4.06. The van der Waals surface area contributed by atoms with E-state index in [0.717, 1.165) is 0 Å². The Labute approximate surface area is 310 Å². The van der Waals surface area contributed by atoms with Gasteiger partial charge in [-0.3, -0.25) is 0 Å². The van der Waals surface area contributed by atoms with E-state index in [1.165, 1.54) is 109 Å². The van der Waals surface area contributed by atoms with Crippen molar-refractivity contribution in [1.82, 2.24) is 9.13 Å². The lowest BCUT2D eigenvalue weighted by molar-refractivity contribution is 1.18. The molecule has 3 heteroatoms. The fraction of sp³-hybridized carbons (Fsp3) is 0. The highest BCUT2D eigenvalue weighted by Crippen LogP contribution is 2.52. The van der Waals surface area contributed by atoms with Gasteiger partial charge in [0.15, 0.2) is 0 Å². The minimum Gasteiger partial charge on any atom is -0.309 e. The molecule has 1 aliphatic rings. The zero-order chi connectivity index (χ0) is 34.6. The second kappa shape index (κ2) is 11.0. The molecule has 2 nitrogen and oxygen atoms in total. The summed E-state index contributed by atoms with van der Waals surface area (Å²) in [6, 6.07) is 67.1. The lowest BCUT2D eigenvalue weighted by Gasteiger charge is -2.22. The molecule has 12 rings (SSSR count). The molecule has 0 unspecified atom stereocenters. The van der Waals surface area contributed by atoms with Gasteiger partial charge in [-0.1, -0.05) is 133 Å². The average molecular weight is 691 g/mol. The number of aromatic nitrogens is 2. The van der Waals surface area contributed by atoms with E-state index in [2.05, 4.69) is 191 Å². The first-order valence-corrected chi connectivity index (χ1v) is 19.0. The molecule has 9 aromatic carbocycles. The van der Waals surface area contributed by atoms with Gasteiger partial charge in [0.2, 0.25) is 0 Å². The van der Waals surface area contributed by atoms with E-state index in [1.807, 2.05) is 11.8 Å². The highest BCUT2D eigenvalue weighted by Gasteiger charge is 2.25. The van der Waals surface area contributed by atoms with Crippen LogP contribution in [0.1, 0.15) is 0 Å². The van der Waals surface area contributed by atoms with Gasteiger partial charge in [0, 0.05) is 47.8 Å². The van der Waals surface area contributed by atoms with Crippen molar-refractivity contribution >= 4 is 76.9 Å². The molecule has 0 saturated carbocycles. The Kier molecular flexibility index (Phi) is 6.02. The summed E-state index contributed by atoms with van der Waals surface area (Å²) in [6.45, 7) is 0. The molecule has 2 aromatic heterocycles. The van der Waals surface area contributed by atoms with Crippen LogP contribution >= 0.6 is 11.8 Å². The summed E-state index contributed by atoms with van der Waals surface area (Å²) in [5.74, 6) is 0. The quantitative estimate of drug-likeness (QED) is 0.179. The lowest BCUT2D eigenvalue weighted by Crippen LogP contribution is -1.97. The predicted octanol–water partition coefficient (Wildman–Crippen LogP) is 14.0. The molecule has 0 aliphatic carbocycles. The van der Waals surface area contributed by atoms with Crippen molar-refractivity contribution in [2.75, 3.05) is 0 Å². The van der Waals surface area contributed by atoms with Gasteiger partial charge in [-0.15, -0.1) is 0 Å². The largest absolute Gasteiger partial charge is 0.309 e. The molecule has 0 amide bonds. The molecule has 0 atom stereocenters. The van der Waals surface area contributed by atoms with Gasteiger partial charge in [-0.25, -0.2) is 0 Å². The van der Waals surface area contributed by atoms with Gasteiger partial charge in [0.05, 0.1) is 27.8 Å². The fourth-order valence-corrected chi connectivity index (χ4v) is 10.2. The molecular weight excluding hydrogens is 661 g/mol. The number of hydrogen-bond donors (Lipinski definition) is 0. The van der Waals surface area contributed by atoms with Crippen LogP contribution in [0.3, 0.4) is 0 Å². The van der Waals surface area contributed by atoms with Crippen LogP contribution < -0.4 is 0 Å². The minimum absolute atomic E-state index is 1.18. The summed E-state index contributed by atoms with van der Waals surface area (Å²) in [5.41, 5.74) is 12.3. The van der Waals surface area contributed by atoms with Crippen molar-refractivity contribution < 1.29 is 0 Å². The topological polar surface area (TPSA) is 9.86 Å². The Morgan fingerprint density at radius 2 is 1.00 bits per heavy atom. The summed E-state index contributed by atoms with van der Waals surface area (Å²) in [5, 5.41) is 10.3. The zero-order valence-corrected chi connectivity index (χ0v) is 29.4. The van der Waals surface area contributed by atoms with Crippen LogP contribution in [0.25, 0.3) is 98.8 Å². The molecule has 0 radical (unpaired) electrons. The maximum atomic E-state index is 2.46. The minimum atomic E-state index is 1.18. The standard InChI is InChI=1S/C50H30N2S/c1-2-15-33(16-3-1)51-42-22-8-6-18-36(42)49-38-21-12-26-47-50(38)40(30-45(49)51)39-29-32(27-28-46(39)53-47)35-20-11-25-44-48(35)37-19-7-9-23-43(37)52(44)41-24-10-14-31-13-4-5-17-34(31)41/h1-30H. The smallest absolute Gasteiger partial charge is 0.0553 e. The summed E-state index contributed by atoms with van der Waals surface area (Å²) in [7, 11) is 0. The van der Waals surface area contributed by atoms with Gasteiger partial charge in [-0.05, 0) is 93.7 Å². The van der Waals surface area contributed by atoms with Crippen LogP contribution in [0.15, 0.2) is 192 Å². The number of para-hydroxylation sites is 3. The first-order valence-electron chi connectivity index (χ1n) is 18.2. The molecule has 53 heavy (non-hydrogen) atoms. The van der Waals surface area contributed by atoms with E-state index >= 15 is 0 Å². The Bertz CT molecular complexity index is 3310. The number of hydrogen-bond acceptors (Lipinski definition) is 1. The second-order valence-corrected chi connectivity index (χ2v) is 15.1. The Morgan fingerprint density at radius 1 is 0.340 bits per heavy atom. The van der Waals surface area contributed by atoms with Crippen molar-refractivity contribution in [3.63, 3.8) is 0 Å². The monoisotopic (exact) mass is 690 g/mol. The normalized spacial score (nSPS) is 12.5. The van der Waals surface area contributed by atoms with E-state index in [4.69, 9.17) is 0 Å². The van der Waals surface area contributed by atoms with Gasteiger partial charge in [-0.2, -0.15) is 0 Å². The molecule has 0 saturated heterocycles. The lowest BCUT2D eigenvalue weighted by atomic mass is 9.91. The molecule has 246 valence electrons. The van der Waals surface area contributed by atoms with Crippen LogP contribution in [0.5, 0.6) is 0 Å². The van der Waals surface area contributed by atoms with Gasteiger partial charge in [0.1, 0.15) is 0 Å². The van der Waals surface area contributed by atoms with E-state index < -0.39 is 0 Å². The predicted molar refractivity (Wildman–Crippen MR) is 225 cm³/mol. The van der Waals surface area contributed by atoms with E-state index in [1.54, 1.807) is 0 Å². The first kappa shape index (κ1) is 29.1. The summed E-state index contributed by atoms with van der Waals surface area (Å²) in [4.78, 5) is 2.61. The van der Waals surface area contributed by atoms with E-state index in [0.29, 0.717) is 0 Å². The fourth-order valence-electron chi connectivity index (χ4n) is 9.10. The molecule has 0 fully saturated rings. The van der Waals surface area contributed by atoms with Gasteiger partial charge < -0.3 is 9.13 Å². The number of fused-ring (bicyclic) bond motifs is 10. The van der Waals surface area contributed by atoms with Crippen molar-refractivity contribution in [3.05, 3.63) is 182 Å². The van der Waals surface area contributed by atoms with Crippen molar-refractivity contribution in [2.45, 2.75) is 9.79 Å². The SMILES string of the molecule is c1ccc(-n2c3ccccc3c3c4cccc5c4c(cc32)-c2cc(-c3cccc4c3c3ccccc3n4-c3cccc4ccccc34)ccc2S5)cc1. The van der Waals surface area contributed by atoms with Crippen molar-refractivity contribution in [2.24, 2.45) is 0 Å². The van der Waals surface area contributed by atoms with Crippen LogP contribution in [-0.2, 0) is 0 Å². The van der Waals surface area contributed by atoms with E-state index in [9.17, 15) is 0 Å². The average Bonchev–Trinajstić information content (AvgIpc) is 3.74. The molecule has 0 N–H and O–H groups in total. The Hall–Kier alpha value is -6.55. The second-order valence-electron chi connectivity index (χ2n) is 14.0. The molecule has 0 spiro atoms. The summed E-state index contributed by atoms with van der Waals surface area (Å²) < 4.78 is 4.91. The highest BCUT2D eigenvalue weighted by molar-refractivity contribution is 7.99. The molecule has 0 bridgehead atoms. The molecular formula is C50H30N2S. The van der Waals surface area contributed by atoms with Crippen LogP contribution in [0.4, 0.5) is 0 Å². The summed E-state index contributed by atoms with van der Waals surface area (Å²) in [6.07, 6.45) is 0. The molecule has 1 aliphatic heterocycles. The third-order valence-electron chi connectivity index (χ3n) is 11.3. The van der Waals surface area contributed by atoms with Gasteiger partial charge >= 0.3 is 0 Å². The van der Waals surface area contributed by atoms with Crippen molar-refractivity contribution in [3.8, 4) is 33.6 Å². The first-order chi connectivity index (χ1) is 26.3. The number of benzene rings is 9. The zero-order valence-electron chi connectivity index (χ0n) is 28.6. The van der Waals surface area contributed by atoms with E-state index in [-0.39, 0.29) is 0 Å².